The molecule has 0 bridgehead atoms. The number of rotatable bonds is 4. The quantitative estimate of drug-likeness (QED) is 0.545. The van der Waals surface area contributed by atoms with Crippen molar-refractivity contribution in [1.29, 1.82) is 0 Å². The van der Waals surface area contributed by atoms with Crippen molar-refractivity contribution < 1.29 is 9.90 Å². The first-order chi connectivity index (χ1) is 5.24. The summed E-state index contributed by atoms with van der Waals surface area (Å²) in [5.74, 6) is 0. The van der Waals surface area contributed by atoms with E-state index in [1.807, 2.05) is 13.8 Å². The molecule has 0 spiro atoms. The normalized spacial score (nSPS) is 12.3. The highest BCUT2D eigenvalue weighted by atomic mass is 16.3. The van der Waals surface area contributed by atoms with Crippen LogP contribution in [-0.4, -0.2) is 30.3 Å². The van der Waals surface area contributed by atoms with Gasteiger partial charge in [0.15, 0.2) is 0 Å². The Balaban J connectivity index is 3.54. The Morgan fingerprint density at radius 3 is 2.55 bits per heavy atom. The molecule has 4 heteroatoms. The van der Waals surface area contributed by atoms with Gasteiger partial charge in [0.25, 0.3) is 0 Å². The van der Waals surface area contributed by atoms with Crippen LogP contribution in [0.25, 0.3) is 0 Å². The van der Waals surface area contributed by atoms with Gasteiger partial charge in [-0.25, -0.2) is 4.79 Å². The molecule has 0 fully saturated rings. The van der Waals surface area contributed by atoms with E-state index in [0.29, 0.717) is 6.54 Å². The first kappa shape index (κ1) is 10.2. The lowest BCUT2D eigenvalue weighted by atomic mass is 10.2. The van der Waals surface area contributed by atoms with E-state index < -0.39 is 0 Å². The molecule has 2 amide bonds. The predicted molar refractivity (Wildman–Crippen MR) is 43.4 cm³/mol. The van der Waals surface area contributed by atoms with E-state index in [2.05, 4.69) is 10.6 Å². The van der Waals surface area contributed by atoms with Crippen LogP contribution in [0.2, 0.25) is 0 Å². The fourth-order valence-electron chi connectivity index (χ4n) is 0.674. The fraction of sp³-hybridized carbons (Fsp3) is 0.857. The second kappa shape index (κ2) is 5.97. The van der Waals surface area contributed by atoms with Crippen molar-refractivity contribution >= 4 is 6.03 Å². The van der Waals surface area contributed by atoms with Gasteiger partial charge in [-0.2, -0.15) is 0 Å². The third kappa shape index (κ3) is 4.61. The molecule has 1 atom stereocenters. The number of nitrogens with one attached hydrogen (secondary N) is 2. The zero-order valence-corrected chi connectivity index (χ0v) is 7.05. The molecule has 0 heterocycles. The second-order valence-electron chi connectivity index (χ2n) is 2.29. The van der Waals surface area contributed by atoms with Gasteiger partial charge in [-0.1, -0.05) is 6.92 Å². The van der Waals surface area contributed by atoms with Crippen LogP contribution in [0.4, 0.5) is 4.79 Å². The molecule has 4 nitrogen and oxygen atoms in total. The molecular weight excluding hydrogens is 144 g/mol. The van der Waals surface area contributed by atoms with Crippen molar-refractivity contribution in [2.45, 2.75) is 26.3 Å². The van der Waals surface area contributed by atoms with Gasteiger partial charge in [-0.3, -0.25) is 0 Å². The van der Waals surface area contributed by atoms with E-state index in [0.717, 1.165) is 6.42 Å². The van der Waals surface area contributed by atoms with E-state index >= 15 is 0 Å². The number of carbonyl (C=O) groups is 1. The van der Waals surface area contributed by atoms with Gasteiger partial charge in [0.1, 0.15) is 0 Å². The van der Waals surface area contributed by atoms with Crippen LogP contribution < -0.4 is 10.6 Å². The number of aliphatic hydroxyl groups excluding tert-OH is 1. The van der Waals surface area contributed by atoms with Gasteiger partial charge in [-0.15, -0.1) is 0 Å². The van der Waals surface area contributed by atoms with E-state index in [4.69, 9.17) is 5.11 Å². The molecule has 0 aromatic rings. The Hall–Kier alpha value is -0.770. The van der Waals surface area contributed by atoms with Crippen LogP contribution in [0.3, 0.4) is 0 Å². The standard InChI is InChI=1S/C7H16N2O2/c1-3-6(5-10)9-7(11)8-4-2/h6,10H,3-5H2,1-2H3,(H2,8,9,11)/t6-/m1/s1. The maximum atomic E-state index is 10.8. The molecule has 0 rings (SSSR count). The first-order valence-electron chi connectivity index (χ1n) is 3.89. The molecule has 3 N–H and O–H groups in total. The monoisotopic (exact) mass is 160 g/mol. The average Bonchev–Trinajstić information content (AvgIpc) is 2.01. The highest BCUT2D eigenvalue weighted by molar-refractivity contribution is 5.74. The molecule has 11 heavy (non-hydrogen) atoms. The molecule has 0 saturated heterocycles. The molecule has 0 unspecified atom stereocenters. The Morgan fingerprint density at radius 2 is 2.18 bits per heavy atom. The van der Waals surface area contributed by atoms with Gasteiger partial charge < -0.3 is 15.7 Å². The topological polar surface area (TPSA) is 61.4 Å². The van der Waals surface area contributed by atoms with E-state index in [1.165, 1.54) is 0 Å². The summed E-state index contributed by atoms with van der Waals surface area (Å²) in [7, 11) is 0. The number of hydrogen-bond donors (Lipinski definition) is 3. The third-order valence-corrected chi connectivity index (χ3v) is 1.39. The largest absolute Gasteiger partial charge is 0.394 e. The van der Waals surface area contributed by atoms with Gasteiger partial charge in [-0.05, 0) is 13.3 Å². The molecular formula is C7H16N2O2. The Morgan fingerprint density at radius 1 is 1.55 bits per heavy atom. The Kier molecular flexibility index (Phi) is 5.56. The second-order valence-corrected chi connectivity index (χ2v) is 2.29. The minimum Gasteiger partial charge on any atom is -0.394 e. The Labute approximate surface area is 67.0 Å². The molecule has 0 aliphatic rings. The van der Waals surface area contributed by atoms with Crippen LogP contribution in [0, 0.1) is 0 Å². The number of hydrogen-bond acceptors (Lipinski definition) is 2. The SMILES string of the molecule is CCNC(=O)N[C@H](CC)CO. The highest BCUT2D eigenvalue weighted by Gasteiger charge is 2.06. The fourth-order valence-corrected chi connectivity index (χ4v) is 0.674. The molecule has 0 aromatic heterocycles. The maximum Gasteiger partial charge on any atom is 0.315 e. The molecule has 66 valence electrons. The number of urea groups is 1. The summed E-state index contributed by atoms with van der Waals surface area (Å²) in [6.45, 7) is 4.36. The van der Waals surface area contributed by atoms with E-state index in [1.54, 1.807) is 0 Å². The van der Waals surface area contributed by atoms with Crippen LogP contribution in [-0.2, 0) is 0 Å². The van der Waals surface area contributed by atoms with Gasteiger partial charge >= 0.3 is 6.03 Å². The third-order valence-electron chi connectivity index (χ3n) is 1.39. The minimum absolute atomic E-state index is 0.00632. The predicted octanol–water partition coefficient (Wildman–Crippen LogP) is 0.0764. The van der Waals surface area contributed by atoms with Gasteiger partial charge in [0, 0.05) is 6.54 Å². The van der Waals surface area contributed by atoms with Gasteiger partial charge in [0.2, 0.25) is 0 Å². The van der Waals surface area contributed by atoms with E-state index in [-0.39, 0.29) is 18.7 Å². The number of amides is 2. The number of carbonyl (C=O) groups excluding carboxylic acids is 1. The summed E-state index contributed by atoms with van der Waals surface area (Å²) in [5.41, 5.74) is 0. The summed E-state index contributed by atoms with van der Waals surface area (Å²) in [6.07, 6.45) is 0.744. The van der Waals surface area contributed by atoms with Crippen molar-refractivity contribution in [3.05, 3.63) is 0 Å². The molecule has 0 radical (unpaired) electrons. The first-order valence-corrected chi connectivity index (χ1v) is 3.89. The van der Waals surface area contributed by atoms with Crippen molar-refractivity contribution in [2.24, 2.45) is 0 Å². The van der Waals surface area contributed by atoms with Crippen LogP contribution in [0.1, 0.15) is 20.3 Å². The summed E-state index contributed by atoms with van der Waals surface area (Å²) in [5, 5.41) is 13.9. The lowest BCUT2D eigenvalue weighted by molar-refractivity contribution is 0.215. The van der Waals surface area contributed by atoms with Crippen LogP contribution >= 0.6 is 0 Å². The highest BCUT2D eigenvalue weighted by Crippen LogP contribution is 1.87. The average molecular weight is 160 g/mol. The number of aliphatic hydroxyl groups is 1. The summed E-state index contributed by atoms with van der Waals surface area (Å²) in [4.78, 5) is 10.8. The van der Waals surface area contributed by atoms with E-state index in [9.17, 15) is 4.79 Å². The van der Waals surface area contributed by atoms with Crippen molar-refractivity contribution in [3.8, 4) is 0 Å². The lowest BCUT2D eigenvalue weighted by Gasteiger charge is -2.13. The lowest BCUT2D eigenvalue weighted by Crippen LogP contribution is -2.43. The van der Waals surface area contributed by atoms with Crippen molar-refractivity contribution in [2.75, 3.05) is 13.2 Å². The molecule has 0 aliphatic carbocycles. The van der Waals surface area contributed by atoms with Crippen LogP contribution in [0.15, 0.2) is 0 Å². The molecule has 0 saturated carbocycles. The summed E-state index contributed by atoms with van der Waals surface area (Å²) >= 11 is 0. The van der Waals surface area contributed by atoms with Crippen molar-refractivity contribution in [1.82, 2.24) is 10.6 Å². The molecule has 0 aromatic carbocycles. The van der Waals surface area contributed by atoms with Crippen molar-refractivity contribution in [3.63, 3.8) is 0 Å². The van der Waals surface area contributed by atoms with Gasteiger partial charge in [0.05, 0.1) is 12.6 Å². The molecule has 0 aliphatic heterocycles. The summed E-state index contributed by atoms with van der Waals surface area (Å²) in [6, 6.07) is -0.338. The zero-order chi connectivity index (χ0) is 8.69. The zero-order valence-electron chi connectivity index (χ0n) is 7.05. The smallest absolute Gasteiger partial charge is 0.315 e. The van der Waals surface area contributed by atoms with Crippen LogP contribution in [0.5, 0.6) is 0 Å². The summed E-state index contributed by atoms with van der Waals surface area (Å²) < 4.78 is 0. The Bertz CT molecular complexity index is 113. The minimum atomic E-state index is -0.214. The maximum absolute atomic E-state index is 10.8.